The van der Waals surface area contributed by atoms with E-state index in [0.717, 1.165) is 6.54 Å². The van der Waals surface area contributed by atoms with Crippen LogP contribution in [0.3, 0.4) is 0 Å². The van der Waals surface area contributed by atoms with E-state index in [1.165, 1.54) is 6.07 Å². The first kappa shape index (κ1) is 14.8. The zero-order chi connectivity index (χ0) is 15.0. The molecule has 0 fully saturated rings. The number of nitrogens with zero attached hydrogens (tertiary/aromatic N) is 1. The Morgan fingerprint density at radius 2 is 2.00 bits per heavy atom. The molecule has 2 rings (SSSR count). The average molecular weight is 280 g/mol. The SMILES string of the molecule is CC(C)CN(c1cc2c(cc1F)C(O)C(=O)N2)C(C)C. The Labute approximate surface area is 118 Å². The predicted molar refractivity (Wildman–Crippen MR) is 77.3 cm³/mol. The Morgan fingerprint density at radius 3 is 2.55 bits per heavy atom. The minimum Gasteiger partial charge on any atom is -0.378 e. The van der Waals surface area contributed by atoms with Crippen LogP contribution in [0.1, 0.15) is 39.4 Å². The van der Waals surface area contributed by atoms with Crippen LogP contribution in [-0.2, 0) is 4.79 Å². The standard InChI is InChI=1S/C15H21FN2O2/c1-8(2)7-18(9(3)4)13-6-12-10(5-11(13)16)14(19)15(20)17-12/h5-6,8-9,14,19H,7H2,1-4H3,(H,17,20). The number of aliphatic hydroxyl groups excluding tert-OH is 1. The van der Waals surface area contributed by atoms with Gasteiger partial charge in [-0.05, 0) is 31.9 Å². The second-order valence-corrected chi connectivity index (χ2v) is 5.92. The van der Waals surface area contributed by atoms with Crippen LogP contribution in [0.4, 0.5) is 15.8 Å². The summed E-state index contributed by atoms with van der Waals surface area (Å²) in [5, 5.41) is 12.2. The molecule has 1 aromatic carbocycles. The first-order valence-corrected chi connectivity index (χ1v) is 6.90. The summed E-state index contributed by atoms with van der Waals surface area (Å²) in [6.45, 7) is 8.88. The van der Waals surface area contributed by atoms with Gasteiger partial charge in [-0.25, -0.2) is 4.39 Å². The fraction of sp³-hybridized carbons (Fsp3) is 0.533. The normalized spacial score (nSPS) is 17.6. The number of fused-ring (bicyclic) bond motifs is 1. The minimum absolute atomic E-state index is 0.145. The van der Waals surface area contributed by atoms with Crippen LogP contribution in [0.5, 0.6) is 0 Å². The van der Waals surface area contributed by atoms with Crippen molar-refractivity contribution in [2.45, 2.75) is 39.8 Å². The van der Waals surface area contributed by atoms with E-state index >= 15 is 0 Å². The number of benzene rings is 1. The molecule has 2 N–H and O–H groups in total. The number of carbonyl (C=O) groups is 1. The molecule has 0 aliphatic carbocycles. The van der Waals surface area contributed by atoms with Crippen LogP contribution < -0.4 is 10.2 Å². The fourth-order valence-electron chi connectivity index (χ4n) is 2.45. The van der Waals surface area contributed by atoms with Crippen LogP contribution in [0, 0.1) is 11.7 Å². The minimum atomic E-state index is -1.27. The zero-order valence-electron chi connectivity index (χ0n) is 12.3. The Bertz CT molecular complexity index is 529. The van der Waals surface area contributed by atoms with Crippen molar-refractivity contribution in [2.24, 2.45) is 5.92 Å². The van der Waals surface area contributed by atoms with Gasteiger partial charge in [0, 0.05) is 23.8 Å². The first-order chi connectivity index (χ1) is 9.31. The topological polar surface area (TPSA) is 52.6 Å². The van der Waals surface area contributed by atoms with Gasteiger partial charge in [0.25, 0.3) is 5.91 Å². The van der Waals surface area contributed by atoms with Gasteiger partial charge in [0.15, 0.2) is 6.10 Å². The van der Waals surface area contributed by atoms with Gasteiger partial charge in [-0.1, -0.05) is 13.8 Å². The summed E-state index contributed by atoms with van der Waals surface area (Å²) in [5.41, 5.74) is 1.26. The van der Waals surface area contributed by atoms with Crippen molar-refractivity contribution in [3.8, 4) is 0 Å². The van der Waals surface area contributed by atoms with Gasteiger partial charge in [-0.3, -0.25) is 4.79 Å². The van der Waals surface area contributed by atoms with Crippen molar-refractivity contribution < 1.29 is 14.3 Å². The molecule has 0 bridgehead atoms. The van der Waals surface area contributed by atoms with Crippen molar-refractivity contribution in [3.63, 3.8) is 0 Å². The molecule has 1 atom stereocenters. The van der Waals surface area contributed by atoms with E-state index in [-0.39, 0.29) is 6.04 Å². The second-order valence-electron chi connectivity index (χ2n) is 5.92. The molecule has 1 unspecified atom stereocenters. The molecular weight excluding hydrogens is 259 g/mol. The number of carbonyl (C=O) groups excluding carboxylic acids is 1. The highest BCUT2D eigenvalue weighted by atomic mass is 19.1. The molecule has 110 valence electrons. The predicted octanol–water partition coefficient (Wildman–Crippen LogP) is 2.68. The lowest BCUT2D eigenvalue weighted by Crippen LogP contribution is -2.34. The van der Waals surface area contributed by atoms with Gasteiger partial charge < -0.3 is 15.3 Å². The molecule has 5 heteroatoms. The maximum Gasteiger partial charge on any atom is 0.257 e. The van der Waals surface area contributed by atoms with Crippen molar-refractivity contribution in [1.82, 2.24) is 0 Å². The van der Waals surface area contributed by atoms with Crippen molar-refractivity contribution in [2.75, 3.05) is 16.8 Å². The molecule has 0 radical (unpaired) electrons. The molecule has 0 saturated carbocycles. The highest BCUT2D eigenvalue weighted by molar-refractivity contribution is 6.02. The van der Waals surface area contributed by atoms with E-state index in [0.29, 0.717) is 22.9 Å². The summed E-state index contributed by atoms with van der Waals surface area (Å²) < 4.78 is 14.3. The number of anilines is 2. The summed E-state index contributed by atoms with van der Waals surface area (Å²) in [7, 11) is 0. The number of aliphatic hydroxyl groups is 1. The van der Waals surface area contributed by atoms with Crippen molar-refractivity contribution in [3.05, 3.63) is 23.5 Å². The van der Waals surface area contributed by atoms with Gasteiger partial charge in [0.05, 0.1) is 5.69 Å². The van der Waals surface area contributed by atoms with E-state index in [9.17, 15) is 14.3 Å². The highest BCUT2D eigenvalue weighted by Crippen LogP contribution is 2.36. The number of hydrogen-bond donors (Lipinski definition) is 2. The van der Waals surface area contributed by atoms with Gasteiger partial charge in [-0.15, -0.1) is 0 Å². The molecule has 0 spiro atoms. The zero-order valence-corrected chi connectivity index (χ0v) is 12.3. The summed E-state index contributed by atoms with van der Waals surface area (Å²) >= 11 is 0. The largest absolute Gasteiger partial charge is 0.378 e. The Hall–Kier alpha value is -1.62. The molecule has 1 heterocycles. The van der Waals surface area contributed by atoms with E-state index in [2.05, 4.69) is 19.2 Å². The number of nitrogens with one attached hydrogen (secondary N) is 1. The highest BCUT2D eigenvalue weighted by Gasteiger charge is 2.31. The summed E-state index contributed by atoms with van der Waals surface area (Å²) in [5.74, 6) is -0.518. The maximum absolute atomic E-state index is 14.3. The lowest BCUT2D eigenvalue weighted by molar-refractivity contribution is -0.123. The van der Waals surface area contributed by atoms with E-state index in [1.54, 1.807) is 6.07 Å². The monoisotopic (exact) mass is 280 g/mol. The molecule has 0 aromatic heterocycles. The lowest BCUT2D eigenvalue weighted by atomic mass is 10.1. The van der Waals surface area contributed by atoms with Crippen LogP contribution >= 0.6 is 0 Å². The number of rotatable bonds is 4. The number of hydrogen-bond acceptors (Lipinski definition) is 3. The molecule has 1 amide bonds. The second kappa shape index (κ2) is 5.40. The van der Waals surface area contributed by atoms with Crippen molar-refractivity contribution >= 4 is 17.3 Å². The van der Waals surface area contributed by atoms with Gasteiger partial charge in [0.1, 0.15) is 5.82 Å². The van der Waals surface area contributed by atoms with E-state index in [4.69, 9.17) is 0 Å². The van der Waals surface area contributed by atoms with Gasteiger partial charge >= 0.3 is 0 Å². The Morgan fingerprint density at radius 1 is 1.35 bits per heavy atom. The summed E-state index contributed by atoms with van der Waals surface area (Å²) in [6, 6.07) is 3.01. The third kappa shape index (κ3) is 2.63. The summed E-state index contributed by atoms with van der Waals surface area (Å²) in [4.78, 5) is 13.4. The lowest BCUT2D eigenvalue weighted by Gasteiger charge is -2.31. The fourth-order valence-corrected chi connectivity index (χ4v) is 2.45. The Balaban J connectivity index is 2.42. The Kier molecular flexibility index (Phi) is 3.99. The first-order valence-electron chi connectivity index (χ1n) is 6.90. The molecule has 0 saturated heterocycles. The van der Waals surface area contributed by atoms with E-state index in [1.807, 2.05) is 18.7 Å². The molecule has 1 aliphatic rings. The quantitative estimate of drug-likeness (QED) is 0.891. The molecule has 1 aromatic rings. The van der Waals surface area contributed by atoms with Crippen LogP contribution in [-0.4, -0.2) is 23.6 Å². The molecule has 1 aliphatic heterocycles. The van der Waals surface area contributed by atoms with Gasteiger partial charge in [0.2, 0.25) is 0 Å². The van der Waals surface area contributed by atoms with E-state index < -0.39 is 17.8 Å². The summed E-state index contributed by atoms with van der Waals surface area (Å²) in [6.07, 6.45) is -1.27. The number of halogens is 1. The molecule has 20 heavy (non-hydrogen) atoms. The smallest absolute Gasteiger partial charge is 0.257 e. The molecular formula is C15H21FN2O2. The van der Waals surface area contributed by atoms with Gasteiger partial charge in [-0.2, -0.15) is 0 Å². The number of amides is 1. The maximum atomic E-state index is 14.3. The van der Waals surface area contributed by atoms with Crippen LogP contribution in [0.15, 0.2) is 12.1 Å². The third-order valence-corrected chi connectivity index (χ3v) is 3.41. The van der Waals surface area contributed by atoms with Crippen LogP contribution in [0.2, 0.25) is 0 Å². The third-order valence-electron chi connectivity index (χ3n) is 3.41. The van der Waals surface area contributed by atoms with Crippen LogP contribution in [0.25, 0.3) is 0 Å². The van der Waals surface area contributed by atoms with Crippen molar-refractivity contribution in [1.29, 1.82) is 0 Å². The molecule has 4 nitrogen and oxygen atoms in total. The average Bonchev–Trinajstić information content (AvgIpc) is 2.61.